The van der Waals surface area contributed by atoms with Gasteiger partial charge in [0.25, 0.3) is 0 Å². The van der Waals surface area contributed by atoms with Crippen LogP contribution in [0, 0.1) is 0 Å². The van der Waals surface area contributed by atoms with Gasteiger partial charge in [0.1, 0.15) is 0 Å². The highest BCUT2D eigenvalue weighted by atomic mass is 32.2. The number of likely N-dealkylation sites (N-methyl/N-ethyl adjacent to an activating group) is 1. The number of rotatable bonds is 7. The summed E-state index contributed by atoms with van der Waals surface area (Å²) in [4.78, 5) is 6.07. The van der Waals surface area contributed by atoms with Crippen molar-refractivity contribution in [2.75, 3.05) is 25.9 Å². The zero-order chi connectivity index (χ0) is 13.8. The molecule has 0 amide bonds. The van der Waals surface area contributed by atoms with Crippen LogP contribution in [0.3, 0.4) is 0 Å². The monoisotopic (exact) mass is 275 g/mol. The van der Waals surface area contributed by atoms with Gasteiger partial charge in [0, 0.05) is 19.3 Å². The first kappa shape index (κ1) is 15.1. The molecule has 0 unspecified atom stereocenters. The van der Waals surface area contributed by atoms with Crippen molar-refractivity contribution >= 4 is 9.84 Å². The largest absolute Gasteiger partial charge is 0.390 e. The number of nitrogens with zero attached hydrogens (tertiary/aromatic N) is 3. The predicted molar refractivity (Wildman–Crippen MR) is 69.0 cm³/mol. The van der Waals surface area contributed by atoms with Crippen LogP contribution in [0.1, 0.15) is 19.5 Å². The summed E-state index contributed by atoms with van der Waals surface area (Å²) in [5, 5.41) is 9.23. The van der Waals surface area contributed by atoms with Crippen LogP contribution in [0.15, 0.2) is 11.4 Å². The van der Waals surface area contributed by atoms with Crippen LogP contribution in [0.5, 0.6) is 0 Å². The zero-order valence-electron chi connectivity index (χ0n) is 11.1. The minimum absolute atomic E-state index is 0.0266. The first-order valence-corrected chi connectivity index (χ1v) is 7.90. The lowest BCUT2D eigenvalue weighted by Crippen LogP contribution is -2.28. The maximum atomic E-state index is 11.6. The SMILES string of the molecule is CCN(CC)CCn1c(CO)cnc1S(C)(=O)=O. The Hall–Kier alpha value is -0.920. The maximum absolute atomic E-state index is 11.6. The van der Waals surface area contributed by atoms with Crippen molar-refractivity contribution in [2.24, 2.45) is 0 Å². The van der Waals surface area contributed by atoms with Crippen molar-refractivity contribution in [3.05, 3.63) is 11.9 Å². The highest BCUT2D eigenvalue weighted by molar-refractivity contribution is 7.90. The second kappa shape index (κ2) is 6.31. The highest BCUT2D eigenvalue weighted by Crippen LogP contribution is 2.11. The molecular weight excluding hydrogens is 254 g/mol. The van der Waals surface area contributed by atoms with E-state index in [2.05, 4.69) is 23.7 Å². The van der Waals surface area contributed by atoms with E-state index in [1.807, 2.05) is 0 Å². The first-order chi connectivity index (χ1) is 8.43. The van der Waals surface area contributed by atoms with Gasteiger partial charge >= 0.3 is 0 Å². The molecular formula is C11H21N3O3S. The van der Waals surface area contributed by atoms with Gasteiger partial charge in [-0.15, -0.1) is 0 Å². The van der Waals surface area contributed by atoms with E-state index in [0.29, 0.717) is 12.2 Å². The summed E-state index contributed by atoms with van der Waals surface area (Å²) in [6, 6.07) is 0. The molecule has 104 valence electrons. The van der Waals surface area contributed by atoms with Crippen LogP contribution in [0.25, 0.3) is 0 Å². The standard InChI is InChI=1S/C11H21N3O3S/c1-4-13(5-2)6-7-14-10(9-15)8-12-11(14)18(3,16)17/h8,15H,4-7,9H2,1-3H3. The summed E-state index contributed by atoms with van der Waals surface area (Å²) < 4.78 is 24.8. The van der Waals surface area contributed by atoms with E-state index in [1.165, 1.54) is 6.20 Å². The molecule has 18 heavy (non-hydrogen) atoms. The number of aromatic nitrogens is 2. The van der Waals surface area contributed by atoms with E-state index < -0.39 is 9.84 Å². The Morgan fingerprint density at radius 3 is 2.44 bits per heavy atom. The molecule has 7 heteroatoms. The third-order valence-corrected chi connectivity index (χ3v) is 3.92. The topological polar surface area (TPSA) is 75.4 Å². The minimum Gasteiger partial charge on any atom is -0.390 e. The van der Waals surface area contributed by atoms with Gasteiger partial charge < -0.3 is 14.6 Å². The lowest BCUT2D eigenvalue weighted by atomic mass is 10.4. The van der Waals surface area contributed by atoms with Crippen LogP contribution < -0.4 is 0 Å². The fraction of sp³-hybridized carbons (Fsp3) is 0.727. The molecule has 0 saturated heterocycles. The Kier molecular flexibility index (Phi) is 5.30. The highest BCUT2D eigenvalue weighted by Gasteiger charge is 2.18. The summed E-state index contributed by atoms with van der Waals surface area (Å²) in [7, 11) is -3.36. The van der Waals surface area contributed by atoms with Crippen molar-refractivity contribution in [3.63, 3.8) is 0 Å². The van der Waals surface area contributed by atoms with E-state index in [4.69, 9.17) is 0 Å². The molecule has 0 aliphatic heterocycles. The number of aliphatic hydroxyl groups excluding tert-OH is 1. The van der Waals surface area contributed by atoms with Gasteiger partial charge in [-0.2, -0.15) is 0 Å². The van der Waals surface area contributed by atoms with Crippen molar-refractivity contribution in [1.82, 2.24) is 14.5 Å². The van der Waals surface area contributed by atoms with Gasteiger partial charge in [0.2, 0.25) is 15.0 Å². The van der Waals surface area contributed by atoms with Crippen LogP contribution in [0.2, 0.25) is 0 Å². The lowest BCUT2D eigenvalue weighted by Gasteiger charge is -2.19. The third-order valence-electron chi connectivity index (χ3n) is 2.93. The molecule has 0 aliphatic rings. The second-order valence-corrected chi connectivity index (χ2v) is 6.05. The van der Waals surface area contributed by atoms with E-state index in [-0.39, 0.29) is 11.8 Å². The van der Waals surface area contributed by atoms with E-state index in [9.17, 15) is 13.5 Å². The van der Waals surface area contributed by atoms with Gasteiger partial charge in [-0.3, -0.25) is 0 Å². The van der Waals surface area contributed by atoms with E-state index in [1.54, 1.807) is 4.57 Å². The summed E-state index contributed by atoms with van der Waals surface area (Å²) in [5.41, 5.74) is 0.530. The minimum atomic E-state index is -3.36. The number of aliphatic hydroxyl groups is 1. The van der Waals surface area contributed by atoms with Crippen molar-refractivity contribution < 1.29 is 13.5 Å². The quantitative estimate of drug-likeness (QED) is 0.765. The van der Waals surface area contributed by atoms with Crippen molar-refractivity contribution in [3.8, 4) is 0 Å². The van der Waals surface area contributed by atoms with Gasteiger partial charge in [-0.05, 0) is 13.1 Å². The third kappa shape index (κ3) is 3.54. The number of hydrogen-bond acceptors (Lipinski definition) is 5. The average Bonchev–Trinajstić information content (AvgIpc) is 2.73. The molecule has 1 N–H and O–H groups in total. The normalized spacial score (nSPS) is 12.3. The number of hydrogen-bond donors (Lipinski definition) is 1. The molecule has 0 aromatic carbocycles. The summed E-state index contributed by atoms with van der Waals surface area (Å²) in [6.45, 7) is 6.98. The molecule has 1 aromatic rings. The molecule has 0 spiro atoms. The molecule has 1 heterocycles. The Morgan fingerprint density at radius 2 is 2.00 bits per heavy atom. The van der Waals surface area contributed by atoms with Gasteiger partial charge in [0.05, 0.1) is 18.5 Å². The Balaban J connectivity index is 2.95. The van der Waals surface area contributed by atoms with Gasteiger partial charge in [0.15, 0.2) is 0 Å². The number of sulfone groups is 1. The predicted octanol–water partition coefficient (Wildman–Crippen LogP) is 0.121. The van der Waals surface area contributed by atoms with Crippen LogP contribution in [-0.4, -0.2) is 53.9 Å². The fourth-order valence-corrected chi connectivity index (χ4v) is 2.69. The molecule has 6 nitrogen and oxygen atoms in total. The zero-order valence-corrected chi connectivity index (χ0v) is 11.9. The smallest absolute Gasteiger partial charge is 0.227 e. The molecule has 0 radical (unpaired) electrons. The lowest BCUT2D eigenvalue weighted by molar-refractivity contribution is 0.255. The Morgan fingerprint density at radius 1 is 1.39 bits per heavy atom. The maximum Gasteiger partial charge on any atom is 0.227 e. The number of imidazole rings is 1. The van der Waals surface area contributed by atoms with Gasteiger partial charge in [-0.1, -0.05) is 13.8 Å². The molecule has 0 saturated carbocycles. The molecule has 1 rings (SSSR count). The molecule has 0 atom stereocenters. The summed E-state index contributed by atoms with van der Waals surface area (Å²) >= 11 is 0. The Labute approximate surface area is 108 Å². The van der Waals surface area contributed by atoms with Crippen molar-refractivity contribution in [1.29, 1.82) is 0 Å². The molecule has 0 fully saturated rings. The van der Waals surface area contributed by atoms with E-state index in [0.717, 1.165) is 25.9 Å². The van der Waals surface area contributed by atoms with Gasteiger partial charge in [-0.25, -0.2) is 13.4 Å². The van der Waals surface area contributed by atoms with Crippen LogP contribution in [-0.2, 0) is 23.0 Å². The molecule has 0 bridgehead atoms. The van der Waals surface area contributed by atoms with Crippen molar-refractivity contribution in [2.45, 2.75) is 32.2 Å². The van der Waals surface area contributed by atoms with Crippen LogP contribution in [0.4, 0.5) is 0 Å². The average molecular weight is 275 g/mol. The fourth-order valence-electron chi connectivity index (χ4n) is 1.83. The first-order valence-electron chi connectivity index (χ1n) is 6.01. The molecule has 0 aliphatic carbocycles. The summed E-state index contributed by atoms with van der Waals surface area (Å²) in [6.07, 6.45) is 2.54. The summed E-state index contributed by atoms with van der Waals surface area (Å²) in [5.74, 6) is 0. The Bertz CT molecular complexity index is 478. The van der Waals surface area contributed by atoms with Crippen LogP contribution >= 0.6 is 0 Å². The van der Waals surface area contributed by atoms with E-state index >= 15 is 0 Å². The second-order valence-electron chi connectivity index (χ2n) is 4.14. The molecule has 1 aromatic heterocycles.